The monoisotopic (exact) mass is 347 g/mol. The Hall–Kier alpha value is -3.02. The average molecular weight is 347 g/mol. The van der Waals surface area contributed by atoms with Crippen molar-refractivity contribution in [2.24, 2.45) is 0 Å². The number of nitrogens with zero attached hydrogens (tertiary/aromatic N) is 4. The number of fused-ring (bicyclic) bond motifs is 2. The molecule has 5 nitrogen and oxygen atoms in total. The van der Waals surface area contributed by atoms with Gasteiger partial charge in [-0.25, -0.2) is 9.37 Å². The summed E-state index contributed by atoms with van der Waals surface area (Å²) in [5.74, 6) is -0.243. The Morgan fingerprint density at radius 2 is 2.04 bits per heavy atom. The van der Waals surface area contributed by atoms with Crippen molar-refractivity contribution in [3.05, 3.63) is 53.7 Å². The van der Waals surface area contributed by atoms with Crippen molar-refractivity contribution in [2.75, 3.05) is 0 Å². The van der Waals surface area contributed by atoms with Gasteiger partial charge in [-0.1, -0.05) is 0 Å². The molecular weight excluding hydrogens is 329 g/mol. The first-order valence-corrected chi connectivity index (χ1v) is 8.80. The molecule has 0 unspecified atom stereocenters. The van der Waals surface area contributed by atoms with Gasteiger partial charge in [0.15, 0.2) is 5.65 Å². The van der Waals surface area contributed by atoms with Crippen LogP contribution in [-0.4, -0.2) is 25.0 Å². The van der Waals surface area contributed by atoms with Gasteiger partial charge >= 0.3 is 0 Å². The van der Waals surface area contributed by atoms with Crippen molar-refractivity contribution in [1.82, 2.24) is 25.0 Å². The number of nitrogens with one attached hydrogen (secondary N) is 1. The third-order valence-corrected chi connectivity index (χ3v) is 5.16. The molecule has 1 aromatic carbocycles. The van der Waals surface area contributed by atoms with Crippen LogP contribution in [0.2, 0.25) is 0 Å². The Balaban J connectivity index is 1.84. The SMILES string of the molecule is Cc1cc(-c2c(-c3ccc(F)cc3)nn3c2CC[C@@H]3C)c2cn[nH]c2n1. The van der Waals surface area contributed by atoms with Gasteiger partial charge in [0.2, 0.25) is 0 Å². The maximum Gasteiger partial charge on any atom is 0.155 e. The minimum Gasteiger partial charge on any atom is -0.266 e. The first-order valence-electron chi connectivity index (χ1n) is 8.80. The molecule has 0 aliphatic carbocycles. The first-order chi connectivity index (χ1) is 12.6. The smallest absolute Gasteiger partial charge is 0.155 e. The van der Waals surface area contributed by atoms with Gasteiger partial charge in [-0.15, -0.1) is 0 Å². The third-order valence-electron chi connectivity index (χ3n) is 5.16. The lowest BCUT2D eigenvalue weighted by molar-refractivity contribution is 0.523. The van der Waals surface area contributed by atoms with Crippen LogP contribution in [0.4, 0.5) is 4.39 Å². The quantitative estimate of drug-likeness (QED) is 0.583. The molecule has 3 aromatic heterocycles. The van der Waals surface area contributed by atoms with E-state index >= 15 is 0 Å². The van der Waals surface area contributed by atoms with Gasteiger partial charge in [0.25, 0.3) is 0 Å². The van der Waals surface area contributed by atoms with E-state index in [1.165, 1.54) is 17.8 Å². The predicted molar refractivity (Wildman–Crippen MR) is 98.3 cm³/mol. The second-order valence-corrected chi connectivity index (χ2v) is 6.95. The Kier molecular flexibility index (Phi) is 3.22. The van der Waals surface area contributed by atoms with Crippen LogP contribution in [0.25, 0.3) is 33.4 Å². The molecule has 4 aromatic rings. The summed E-state index contributed by atoms with van der Waals surface area (Å²) in [6, 6.07) is 9.01. The maximum atomic E-state index is 13.4. The summed E-state index contributed by atoms with van der Waals surface area (Å²) in [5, 5.41) is 13.0. The van der Waals surface area contributed by atoms with Crippen LogP contribution in [0.15, 0.2) is 36.5 Å². The first kappa shape index (κ1) is 15.3. The molecule has 1 N–H and O–H groups in total. The van der Waals surface area contributed by atoms with Crippen LogP contribution < -0.4 is 0 Å². The zero-order valence-electron chi connectivity index (χ0n) is 14.6. The molecule has 0 saturated carbocycles. The van der Waals surface area contributed by atoms with Crippen LogP contribution in [0.1, 0.15) is 30.8 Å². The highest BCUT2D eigenvalue weighted by atomic mass is 19.1. The van der Waals surface area contributed by atoms with Gasteiger partial charge in [-0.05, 0) is 57.0 Å². The Morgan fingerprint density at radius 1 is 1.23 bits per heavy atom. The molecule has 5 rings (SSSR count). The molecule has 0 radical (unpaired) electrons. The highest BCUT2D eigenvalue weighted by Gasteiger charge is 2.29. The van der Waals surface area contributed by atoms with E-state index < -0.39 is 0 Å². The summed E-state index contributed by atoms with van der Waals surface area (Å²) < 4.78 is 15.5. The van der Waals surface area contributed by atoms with E-state index in [0.29, 0.717) is 6.04 Å². The fraction of sp³-hybridized carbons (Fsp3) is 0.250. The van der Waals surface area contributed by atoms with Gasteiger partial charge in [0, 0.05) is 39.5 Å². The van der Waals surface area contributed by atoms with E-state index in [0.717, 1.165) is 52.0 Å². The molecule has 130 valence electrons. The number of benzene rings is 1. The van der Waals surface area contributed by atoms with E-state index in [-0.39, 0.29) is 5.82 Å². The van der Waals surface area contributed by atoms with Crippen molar-refractivity contribution in [3.63, 3.8) is 0 Å². The number of aromatic amines is 1. The van der Waals surface area contributed by atoms with Crippen molar-refractivity contribution in [3.8, 4) is 22.4 Å². The highest BCUT2D eigenvalue weighted by molar-refractivity contribution is 5.97. The van der Waals surface area contributed by atoms with Gasteiger partial charge in [-0.3, -0.25) is 9.78 Å². The number of aromatic nitrogens is 5. The molecule has 0 fully saturated rings. The van der Waals surface area contributed by atoms with Crippen LogP contribution in [0.5, 0.6) is 0 Å². The van der Waals surface area contributed by atoms with E-state index in [1.807, 2.05) is 13.1 Å². The molecule has 0 amide bonds. The normalized spacial score (nSPS) is 16.3. The third kappa shape index (κ3) is 2.18. The summed E-state index contributed by atoms with van der Waals surface area (Å²) in [6.45, 7) is 4.17. The molecule has 0 saturated heterocycles. The van der Waals surface area contributed by atoms with E-state index in [4.69, 9.17) is 5.10 Å². The Bertz CT molecular complexity index is 1120. The van der Waals surface area contributed by atoms with Gasteiger partial charge in [-0.2, -0.15) is 10.2 Å². The molecule has 0 spiro atoms. The number of halogens is 1. The summed E-state index contributed by atoms with van der Waals surface area (Å²) >= 11 is 0. The molecule has 26 heavy (non-hydrogen) atoms. The summed E-state index contributed by atoms with van der Waals surface area (Å²) in [6.07, 6.45) is 3.87. The van der Waals surface area contributed by atoms with Gasteiger partial charge < -0.3 is 0 Å². The number of rotatable bonds is 2. The van der Waals surface area contributed by atoms with E-state index in [9.17, 15) is 4.39 Å². The molecule has 1 atom stereocenters. The number of pyridine rings is 1. The number of H-pyrrole nitrogens is 1. The average Bonchev–Trinajstić information content (AvgIpc) is 3.31. The molecule has 6 heteroatoms. The summed E-state index contributed by atoms with van der Waals surface area (Å²) in [5.41, 5.74) is 6.92. The highest BCUT2D eigenvalue weighted by Crippen LogP contribution is 2.42. The van der Waals surface area contributed by atoms with Crippen molar-refractivity contribution >= 4 is 11.0 Å². The van der Waals surface area contributed by atoms with E-state index in [1.54, 1.807) is 12.1 Å². The minimum absolute atomic E-state index is 0.243. The molecule has 0 bridgehead atoms. The van der Waals surface area contributed by atoms with Crippen LogP contribution in [0, 0.1) is 12.7 Å². The zero-order valence-corrected chi connectivity index (χ0v) is 14.6. The van der Waals surface area contributed by atoms with Gasteiger partial charge in [0.05, 0.1) is 6.20 Å². The number of aryl methyl sites for hydroxylation is 1. The lowest BCUT2D eigenvalue weighted by Crippen LogP contribution is -2.00. The molecular formula is C20H18FN5. The summed E-state index contributed by atoms with van der Waals surface area (Å²) in [4.78, 5) is 4.53. The fourth-order valence-electron chi connectivity index (χ4n) is 3.90. The maximum absolute atomic E-state index is 13.4. The Morgan fingerprint density at radius 3 is 2.85 bits per heavy atom. The zero-order chi connectivity index (χ0) is 17.8. The lowest BCUT2D eigenvalue weighted by Gasteiger charge is -2.08. The topological polar surface area (TPSA) is 59.4 Å². The standard InChI is InChI=1S/C20H18FN5/c1-11-9-15(16-10-22-24-20(16)23-11)18-17-8-3-12(2)26(17)25-19(18)13-4-6-14(21)7-5-13/h4-7,9-10,12H,3,8H2,1-2H3,(H,22,23,24)/t12-/m0/s1. The van der Waals surface area contributed by atoms with Crippen LogP contribution in [-0.2, 0) is 6.42 Å². The van der Waals surface area contributed by atoms with Crippen LogP contribution in [0.3, 0.4) is 0 Å². The minimum atomic E-state index is -0.243. The van der Waals surface area contributed by atoms with Crippen molar-refractivity contribution < 1.29 is 4.39 Å². The summed E-state index contributed by atoms with van der Waals surface area (Å²) in [7, 11) is 0. The van der Waals surface area contributed by atoms with Gasteiger partial charge in [0.1, 0.15) is 11.5 Å². The second-order valence-electron chi connectivity index (χ2n) is 6.95. The van der Waals surface area contributed by atoms with Crippen LogP contribution >= 0.6 is 0 Å². The molecule has 1 aliphatic rings. The second kappa shape index (κ2) is 5.49. The van der Waals surface area contributed by atoms with Crippen molar-refractivity contribution in [1.29, 1.82) is 0 Å². The lowest BCUT2D eigenvalue weighted by atomic mass is 9.96. The van der Waals surface area contributed by atoms with Crippen molar-refractivity contribution in [2.45, 2.75) is 32.7 Å². The molecule has 4 heterocycles. The number of hydrogen-bond acceptors (Lipinski definition) is 3. The largest absolute Gasteiger partial charge is 0.266 e. The predicted octanol–water partition coefficient (Wildman–Crippen LogP) is 4.44. The van der Waals surface area contributed by atoms with E-state index in [2.05, 4.69) is 32.9 Å². The fourth-order valence-corrected chi connectivity index (χ4v) is 3.90. The number of hydrogen-bond donors (Lipinski definition) is 1. The Labute approximate surface area is 149 Å². The molecule has 1 aliphatic heterocycles.